The number of esters is 1. The topological polar surface area (TPSA) is 110 Å². The Morgan fingerprint density at radius 1 is 1.14 bits per heavy atom. The number of fused-ring (bicyclic) bond motifs is 4. The van der Waals surface area contributed by atoms with Crippen molar-refractivity contribution in [2.75, 3.05) is 6.79 Å². The average Bonchev–Trinajstić information content (AvgIpc) is 3.18. The number of nitro groups is 1. The SMILES string of the molecule is Cn1c(=O)c2c(c3ccccc31)OC(=O)C[C@@H]2c1cc2c(cc1[N+](=O)[O-])OCO2. The monoisotopic (exact) mass is 394 g/mol. The second-order valence-electron chi connectivity index (χ2n) is 6.88. The molecule has 0 saturated carbocycles. The molecule has 9 nitrogen and oxygen atoms in total. The minimum absolute atomic E-state index is 0.0500. The molecular weight excluding hydrogens is 380 g/mol. The molecule has 1 atom stereocenters. The molecule has 0 unspecified atom stereocenters. The summed E-state index contributed by atoms with van der Waals surface area (Å²) in [5, 5.41) is 12.3. The smallest absolute Gasteiger partial charge is 0.312 e. The summed E-state index contributed by atoms with van der Waals surface area (Å²) in [6.45, 7) is -0.0500. The van der Waals surface area contributed by atoms with Crippen LogP contribution >= 0.6 is 0 Å². The van der Waals surface area contributed by atoms with Gasteiger partial charge in [0.1, 0.15) is 5.75 Å². The number of carbonyl (C=O) groups excluding carboxylic acids is 1. The number of nitro benzene ring substituents is 1. The zero-order valence-electron chi connectivity index (χ0n) is 15.2. The van der Waals surface area contributed by atoms with Gasteiger partial charge in [0.15, 0.2) is 11.5 Å². The molecule has 0 spiro atoms. The zero-order chi connectivity index (χ0) is 20.3. The Labute approximate surface area is 163 Å². The fraction of sp³-hybridized carbons (Fsp3) is 0.200. The summed E-state index contributed by atoms with van der Waals surface area (Å²) in [6, 6.07) is 9.78. The molecule has 2 aliphatic rings. The minimum atomic E-state index is -0.843. The van der Waals surface area contributed by atoms with E-state index in [1.807, 2.05) is 0 Å². The molecule has 146 valence electrons. The summed E-state index contributed by atoms with van der Waals surface area (Å²) in [5.74, 6) is -0.664. The van der Waals surface area contributed by atoms with E-state index < -0.39 is 16.8 Å². The third-order valence-electron chi connectivity index (χ3n) is 5.32. The molecule has 2 aliphatic heterocycles. The van der Waals surface area contributed by atoms with Crippen LogP contribution in [0.2, 0.25) is 0 Å². The van der Waals surface area contributed by atoms with Crippen LogP contribution in [0, 0.1) is 10.1 Å². The number of aromatic nitrogens is 1. The zero-order valence-corrected chi connectivity index (χ0v) is 15.2. The van der Waals surface area contributed by atoms with Gasteiger partial charge in [-0.15, -0.1) is 0 Å². The van der Waals surface area contributed by atoms with Gasteiger partial charge in [-0.25, -0.2) is 0 Å². The Morgan fingerprint density at radius 2 is 1.86 bits per heavy atom. The first kappa shape index (κ1) is 17.2. The van der Waals surface area contributed by atoms with Crippen molar-refractivity contribution in [1.29, 1.82) is 0 Å². The molecule has 0 radical (unpaired) electrons. The summed E-state index contributed by atoms with van der Waals surface area (Å²) >= 11 is 0. The minimum Gasteiger partial charge on any atom is -0.454 e. The number of rotatable bonds is 2. The van der Waals surface area contributed by atoms with E-state index in [-0.39, 0.29) is 47.1 Å². The lowest BCUT2D eigenvalue weighted by Gasteiger charge is -2.26. The Bertz CT molecular complexity index is 1280. The Morgan fingerprint density at radius 3 is 2.62 bits per heavy atom. The molecule has 1 aromatic heterocycles. The third-order valence-corrected chi connectivity index (χ3v) is 5.32. The number of hydrogen-bond donors (Lipinski definition) is 0. The standard InChI is InChI=1S/C20H14N2O7/c1-21-13-5-3-2-4-10(13)19-18(20(21)24)12(7-17(23)29-19)11-6-15-16(28-9-27-15)8-14(11)22(25)26/h2-6,8,12H,7,9H2,1H3/t12-/m1/s1. The van der Waals surface area contributed by atoms with Crippen LogP contribution < -0.4 is 19.8 Å². The number of aryl methyl sites for hydroxylation is 1. The van der Waals surface area contributed by atoms with E-state index in [0.29, 0.717) is 16.7 Å². The maximum atomic E-state index is 13.2. The molecule has 2 aromatic carbocycles. The molecule has 0 saturated heterocycles. The van der Waals surface area contributed by atoms with Crippen molar-refractivity contribution in [3.05, 3.63) is 68.0 Å². The summed E-state index contributed by atoms with van der Waals surface area (Å²) in [7, 11) is 1.62. The van der Waals surface area contributed by atoms with Gasteiger partial charge >= 0.3 is 5.97 Å². The fourth-order valence-corrected chi connectivity index (χ4v) is 3.98. The predicted octanol–water partition coefficient (Wildman–Crippen LogP) is 2.62. The van der Waals surface area contributed by atoms with Crippen molar-refractivity contribution in [3.63, 3.8) is 0 Å². The maximum Gasteiger partial charge on any atom is 0.312 e. The van der Waals surface area contributed by atoms with Crippen LogP contribution in [-0.4, -0.2) is 22.3 Å². The fourth-order valence-electron chi connectivity index (χ4n) is 3.98. The van der Waals surface area contributed by atoms with Crippen LogP contribution in [0.15, 0.2) is 41.2 Å². The van der Waals surface area contributed by atoms with Crippen molar-refractivity contribution < 1.29 is 23.9 Å². The normalized spacial score (nSPS) is 17.1. The molecule has 5 rings (SSSR count). The summed E-state index contributed by atoms with van der Waals surface area (Å²) in [5.41, 5.74) is 0.417. The molecular formula is C20H14N2O7. The Balaban J connectivity index is 1.84. The van der Waals surface area contributed by atoms with Crippen LogP contribution in [0.5, 0.6) is 17.2 Å². The highest BCUT2D eigenvalue weighted by atomic mass is 16.7. The van der Waals surface area contributed by atoms with Gasteiger partial charge in [-0.3, -0.25) is 19.7 Å². The molecule has 3 heterocycles. The van der Waals surface area contributed by atoms with Gasteiger partial charge in [-0.05, 0) is 18.2 Å². The molecule has 0 amide bonds. The van der Waals surface area contributed by atoms with E-state index in [4.69, 9.17) is 14.2 Å². The average molecular weight is 394 g/mol. The van der Waals surface area contributed by atoms with Gasteiger partial charge in [0.25, 0.3) is 11.2 Å². The molecule has 3 aromatic rings. The van der Waals surface area contributed by atoms with E-state index in [2.05, 4.69) is 0 Å². The van der Waals surface area contributed by atoms with Crippen molar-refractivity contribution >= 4 is 22.6 Å². The highest BCUT2D eigenvalue weighted by Crippen LogP contribution is 2.47. The number of para-hydroxylation sites is 1. The predicted molar refractivity (Wildman–Crippen MR) is 101 cm³/mol. The van der Waals surface area contributed by atoms with E-state index in [0.717, 1.165) is 0 Å². The van der Waals surface area contributed by atoms with Crippen molar-refractivity contribution in [3.8, 4) is 17.2 Å². The summed E-state index contributed by atoms with van der Waals surface area (Å²) in [6.07, 6.45) is -0.193. The largest absolute Gasteiger partial charge is 0.454 e. The second kappa shape index (κ2) is 6.06. The number of carbonyl (C=O) groups is 1. The number of pyridine rings is 1. The molecule has 0 bridgehead atoms. The Hall–Kier alpha value is -3.88. The quantitative estimate of drug-likeness (QED) is 0.373. The highest BCUT2D eigenvalue weighted by molar-refractivity contribution is 5.92. The number of benzene rings is 2. The number of ether oxygens (including phenoxy) is 3. The van der Waals surface area contributed by atoms with Crippen LogP contribution in [-0.2, 0) is 11.8 Å². The van der Waals surface area contributed by atoms with Crippen LogP contribution in [0.1, 0.15) is 23.5 Å². The number of nitrogens with zero attached hydrogens (tertiary/aromatic N) is 2. The highest BCUT2D eigenvalue weighted by Gasteiger charge is 2.38. The first-order valence-electron chi connectivity index (χ1n) is 8.86. The molecule has 9 heteroatoms. The molecule has 0 aliphatic carbocycles. The van der Waals surface area contributed by atoms with Crippen LogP contribution in [0.4, 0.5) is 5.69 Å². The van der Waals surface area contributed by atoms with Crippen molar-refractivity contribution in [2.45, 2.75) is 12.3 Å². The van der Waals surface area contributed by atoms with Gasteiger partial charge in [0.2, 0.25) is 6.79 Å². The lowest BCUT2D eigenvalue weighted by atomic mass is 9.85. The van der Waals surface area contributed by atoms with Crippen molar-refractivity contribution in [1.82, 2.24) is 4.57 Å². The summed E-state index contributed by atoms with van der Waals surface area (Å²) in [4.78, 5) is 36.8. The van der Waals surface area contributed by atoms with Crippen LogP contribution in [0.25, 0.3) is 10.9 Å². The first-order chi connectivity index (χ1) is 14.0. The molecule has 29 heavy (non-hydrogen) atoms. The van der Waals surface area contributed by atoms with Gasteiger partial charge in [0.05, 0.1) is 28.5 Å². The van der Waals surface area contributed by atoms with Crippen molar-refractivity contribution in [2.24, 2.45) is 7.05 Å². The number of hydrogen-bond acceptors (Lipinski definition) is 7. The van der Waals surface area contributed by atoms with Gasteiger partial charge in [-0.2, -0.15) is 0 Å². The van der Waals surface area contributed by atoms with E-state index >= 15 is 0 Å². The first-order valence-corrected chi connectivity index (χ1v) is 8.86. The van der Waals surface area contributed by atoms with Crippen LogP contribution in [0.3, 0.4) is 0 Å². The Kier molecular flexibility index (Phi) is 3.60. The van der Waals surface area contributed by atoms with E-state index in [1.165, 1.54) is 16.7 Å². The lowest BCUT2D eigenvalue weighted by molar-refractivity contribution is -0.385. The van der Waals surface area contributed by atoms with E-state index in [1.54, 1.807) is 31.3 Å². The third kappa shape index (κ3) is 2.47. The second-order valence-corrected chi connectivity index (χ2v) is 6.88. The van der Waals surface area contributed by atoms with Gasteiger partial charge in [-0.1, -0.05) is 12.1 Å². The molecule has 0 N–H and O–H groups in total. The van der Waals surface area contributed by atoms with E-state index in [9.17, 15) is 19.7 Å². The maximum absolute atomic E-state index is 13.2. The summed E-state index contributed by atoms with van der Waals surface area (Å²) < 4.78 is 17.5. The molecule has 0 fully saturated rings. The lowest BCUT2D eigenvalue weighted by Crippen LogP contribution is -2.31. The van der Waals surface area contributed by atoms with Gasteiger partial charge in [0, 0.05) is 23.9 Å². The van der Waals surface area contributed by atoms with Gasteiger partial charge < -0.3 is 18.8 Å².